The first kappa shape index (κ1) is 34.4. The zero-order valence-electron chi connectivity index (χ0n) is 26.1. The van der Waals surface area contributed by atoms with Crippen molar-refractivity contribution in [3.63, 3.8) is 0 Å². The van der Waals surface area contributed by atoms with E-state index in [2.05, 4.69) is 43.0 Å². The highest BCUT2D eigenvalue weighted by Crippen LogP contribution is 2.24. The minimum Gasteiger partial charge on any atom is -0.356 e. The van der Waals surface area contributed by atoms with Gasteiger partial charge in [0.2, 0.25) is 0 Å². The number of nitrogens with zero attached hydrogens (tertiary/aromatic N) is 2. The summed E-state index contributed by atoms with van der Waals surface area (Å²) in [5.74, 6) is 0. The lowest BCUT2D eigenvalue weighted by Crippen LogP contribution is -2.39. The van der Waals surface area contributed by atoms with Gasteiger partial charge in [0, 0.05) is 25.5 Å². The van der Waals surface area contributed by atoms with E-state index in [9.17, 15) is 0 Å². The van der Waals surface area contributed by atoms with Gasteiger partial charge in [0.15, 0.2) is 0 Å². The summed E-state index contributed by atoms with van der Waals surface area (Å²) in [7, 11) is 0. The van der Waals surface area contributed by atoms with E-state index in [0.29, 0.717) is 6.17 Å². The van der Waals surface area contributed by atoms with Crippen LogP contribution in [-0.2, 0) is 0 Å². The van der Waals surface area contributed by atoms with Gasteiger partial charge >= 0.3 is 0 Å². The fourth-order valence-corrected chi connectivity index (χ4v) is 6.01. The molecule has 1 rings (SSSR count). The van der Waals surface area contributed by atoms with Crippen molar-refractivity contribution >= 4 is 0 Å². The Balaban J connectivity index is 2.15. The summed E-state index contributed by atoms with van der Waals surface area (Å²) in [6.45, 7) is 9.46. The molecule has 0 amide bonds. The molecule has 0 radical (unpaired) electrons. The van der Waals surface area contributed by atoms with Crippen LogP contribution in [0, 0.1) is 0 Å². The van der Waals surface area contributed by atoms with Gasteiger partial charge in [0.1, 0.15) is 6.17 Å². The monoisotopic (exact) mass is 519 g/mol. The Kier molecular flexibility index (Phi) is 25.0. The van der Waals surface area contributed by atoms with Crippen LogP contribution in [0.2, 0.25) is 0 Å². The first-order chi connectivity index (χ1) is 18.3. The third-order valence-corrected chi connectivity index (χ3v) is 8.57. The van der Waals surface area contributed by atoms with Gasteiger partial charge in [-0.15, -0.1) is 0 Å². The van der Waals surface area contributed by atoms with E-state index in [0.717, 1.165) is 0 Å². The molecule has 2 heteroatoms. The van der Waals surface area contributed by atoms with Gasteiger partial charge in [-0.25, -0.2) is 0 Å². The van der Waals surface area contributed by atoms with Crippen LogP contribution in [0.1, 0.15) is 194 Å². The second-order valence-corrected chi connectivity index (χ2v) is 12.2. The van der Waals surface area contributed by atoms with Crippen LogP contribution in [-0.4, -0.2) is 29.1 Å². The molecule has 0 aromatic rings. The van der Waals surface area contributed by atoms with E-state index >= 15 is 0 Å². The fourth-order valence-electron chi connectivity index (χ4n) is 6.01. The minimum absolute atomic E-state index is 0.642. The molecule has 0 aromatic heterocycles. The van der Waals surface area contributed by atoms with Crippen molar-refractivity contribution in [3.8, 4) is 0 Å². The zero-order valence-corrected chi connectivity index (χ0v) is 26.1. The van der Waals surface area contributed by atoms with Crippen molar-refractivity contribution in [2.45, 2.75) is 200 Å². The minimum atomic E-state index is 0.642. The number of rotatable bonds is 29. The molecular formula is C35H70N2. The predicted octanol–water partition coefficient (Wildman–Crippen LogP) is 12.0. The van der Waals surface area contributed by atoms with E-state index in [1.165, 1.54) is 186 Å². The summed E-state index contributed by atoms with van der Waals surface area (Å²) < 4.78 is 0. The van der Waals surface area contributed by atoms with Crippen LogP contribution in [0.3, 0.4) is 0 Å². The van der Waals surface area contributed by atoms with E-state index in [4.69, 9.17) is 0 Å². The maximum atomic E-state index is 2.70. The number of hydrogen-bond donors (Lipinski definition) is 0. The highest BCUT2D eigenvalue weighted by Gasteiger charge is 2.24. The fraction of sp³-hybridized carbons (Fsp3) is 0.943. The van der Waals surface area contributed by atoms with Crippen molar-refractivity contribution < 1.29 is 0 Å². The molecule has 37 heavy (non-hydrogen) atoms. The molecule has 1 unspecified atom stereocenters. The van der Waals surface area contributed by atoms with E-state index in [1.807, 2.05) is 0 Å². The summed E-state index contributed by atoms with van der Waals surface area (Å²) in [6.07, 6.45) is 44.0. The van der Waals surface area contributed by atoms with Gasteiger partial charge in [0.05, 0.1) is 0 Å². The van der Waals surface area contributed by atoms with Crippen LogP contribution >= 0.6 is 0 Å². The quantitative estimate of drug-likeness (QED) is 0.0908. The largest absolute Gasteiger partial charge is 0.356 e. The van der Waals surface area contributed by atoms with E-state index in [-0.39, 0.29) is 0 Å². The molecule has 1 aliphatic rings. The molecule has 0 N–H and O–H groups in total. The predicted molar refractivity (Wildman–Crippen MR) is 168 cm³/mol. The van der Waals surface area contributed by atoms with Crippen molar-refractivity contribution in [2.24, 2.45) is 0 Å². The standard InChI is InChI=1S/C35H70N2/c1-4-7-10-13-15-17-18-19-20-22-24-26-29-32-37-34-33-36(31-28-12-9-6-3)35(37)30-27-25-23-21-16-14-11-8-5-2/h33-35H,4-32H2,1-3H3. The first-order valence-corrected chi connectivity index (χ1v) is 17.5. The van der Waals surface area contributed by atoms with Gasteiger partial charge < -0.3 is 9.80 Å². The molecule has 220 valence electrons. The third kappa shape index (κ3) is 20.0. The maximum Gasteiger partial charge on any atom is 0.101 e. The van der Waals surface area contributed by atoms with Gasteiger partial charge in [0.25, 0.3) is 0 Å². The van der Waals surface area contributed by atoms with Crippen molar-refractivity contribution in [2.75, 3.05) is 13.1 Å². The van der Waals surface area contributed by atoms with Crippen LogP contribution in [0.5, 0.6) is 0 Å². The van der Waals surface area contributed by atoms with Crippen molar-refractivity contribution in [1.82, 2.24) is 9.80 Å². The molecule has 1 heterocycles. The number of hydrogen-bond acceptors (Lipinski definition) is 2. The maximum absolute atomic E-state index is 2.70. The Morgan fingerprint density at radius 2 is 0.622 bits per heavy atom. The average molecular weight is 519 g/mol. The second kappa shape index (κ2) is 26.9. The van der Waals surface area contributed by atoms with Gasteiger partial charge in [-0.05, 0) is 25.7 Å². The summed E-state index contributed by atoms with van der Waals surface area (Å²) in [5, 5.41) is 0. The normalized spacial score (nSPS) is 15.4. The molecule has 0 spiro atoms. The van der Waals surface area contributed by atoms with Gasteiger partial charge in [-0.1, -0.05) is 168 Å². The smallest absolute Gasteiger partial charge is 0.101 e. The molecular weight excluding hydrogens is 448 g/mol. The van der Waals surface area contributed by atoms with Crippen LogP contribution in [0.15, 0.2) is 12.4 Å². The molecule has 0 fully saturated rings. The first-order valence-electron chi connectivity index (χ1n) is 17.5. The Bertz CT molecular complexity index is 474. The molecule has 0 aromatic carbocycles. The van der Waals surface area contributed by atoms with Crippen LogP contribution in [0.25, 0.3) is 0 Å². The lowest BCUT2D eigenvalue weighted by molar-refractivity contribution is 0.135. The van der Waals surface area contributed by atoms with Crippen LogP contribution in [0.4, 0.5) is 0 Å². The highest BCUT2D eigenvalue weighted by atomic mass is 15.4. The molecule has 0 saturated heterocycles. The Hall–Kier alpha value is -0.660. The Morgan fingerprint density at radius 3 is 0.973 bits per heavy atom. The van der Waals surface area contributed by atoms with Crippen molar-refractivity contribution in [1.29, 1.82) is 0 Å². The average Bonchev–Trinajstić information content (AvgIpc) is 3.29. The zero-order chi connectivity index (χ0) is 26.7. The number of unbranched alkanes of at least 4 members (excludes halogenated alkanes) is 23. The summed E-state index contributed by atoms with van der Waals surface area (Å²) in [5.41, 5.74) is 0. The molecule has 1 aliphatic heterocycles. The Labute approximate surface area is 235 Å². The topological polar surface area (TPSA) is 6.48 Å². The highest BCUT2D eigenvalue weighted by molar-refractivity contribution is 4.97. The second-order valence-electron chi connectivity index (χ2n) is 12.2. The third-order valence-electron chi connectivity index (χ3n) is 8.57. The SMILES string of the molecule is CCCCCCCCCCCCCCCN1C=CN(CCCCCC)C1CCCCCCCCCCC. The van der Waals surface area contributed by atoms with E-state index < -0.39 is 0 Å². The van der Waals surface area contributed by atoms with Crippen LogP contribution < -0.4 is 0 Å². The van der Waals surface area contributed by atoms with E-state index in [1.54, 1.807) is 0 Å². The summed E-state index contributed by atoms with van der Waals surface area (Å²) in [4.78, 5) is 5.38. The van der Waals surface area contributed by atoms with Gasteiger partial charge in [-0.2, -0.15) is 0 Å². The summed E-state index contributed by atoms with van der Waals surface area (Å²) in [6, 6.07) is 0. The molecule has 0 saturated carbocycles. The molecule has 1 atom stereocenters. The van der Waals surface area contributed by atoms with Gasteiger partial charge in [-0.3, -0.25) is 0 Å². The lowest BCUT2D eigenvalue weighted by Gasteiger charge is -2.33. The van der Waals surface area contributed by atoms with Crippen molar-refractivity contribution in [3.05, 3.63) is 12.4 Å². The lowest BCUT2D eigenvalue weighted by atomic mass is 10.0. The molecule has 0 aliphatic carbocycles. The summed E-state index contributed by atoms with van der Waals surface area (Å²) >= 11 is 0. The molecule has 2 nitrogen and oxygen atoms in total. The Morgan fingerprint density at radius 1 is 0.351 bits per heavy atom. The molecule has 0 bridgehead atoms.